The third-order valence-electron chi connectivity index (χ3n) is 4.74. The number of amides is 1. The molecule has 3 fully saturated rings. The molecule has 112 valence electrons. The second-order valence-corrected chi connectivity index (χ2v) is 6.77. The van der Waals surface area contributed by atoms with Gasteiger partial charge in [0.25, 0.3) is 5.91 Å². The van der Waals surface area contributed by atoms with Crippen molar-refractivity contribution in [3.8, 4) is 6.19 Å². The Kier molecular flexibility index (Phi) is 3.07. The fraction of sp³-hybridized carbons (Fsp3) is 0.400. The van der Waals surface area contributed by atoms with Crippen LogP contribution in [0.5, 0.6) is 0 Å². The van der Waals surface area contributed by atoms with E-state index < -0.39 is 0 Å². The third-order valence-corrected chi connectivity index (χ3v) is 5.18. The maximum Gasteiger partial charge on any atom is 0.257 e. The molecular weight excluding hydrogens is 323 g/mol. The molecule has 1 amide bonds. The molecule has 2 heterocycles. The Labute approximate surface area is 137 Å². The van der Waals surface area contributed by atoms with Crippen LogP contribution in [0.15, 0.2) is 23.2 Å². The summed E-state index contributed by atoms with van der Waals surface area (Å²) in [4.78, 5) is 20.3. The van der Waals surface area contributed by atoms with Gasteiger partial charge in [0.15, 0.2) is 0 Å². The molecular formula is C15H12Cl2N4O. The summed E-state index contributed by atoms with van der Waals surface area (Å²) in [6.07, 6.45) is 4.92. The van der Waals surface area contributed by atoms with Crippen LogP contribution in [-0.2, 0) is 4.79 Å². The SMILES string of the molecule is N#CN=C1N(c2cc(Cl)cc(Cl)c2)C(=O)[C@@H]2[C@@H]3CC[C@@H](C3)N12. The van der Waals surface area contributed by atoms with Crippen LogP contribution >= 0.6 is 23.2 Å². The third kappa shape index (κ3) is 1.84. The average Bonchev–Trinajstić information content (AvgIpc) is 3.11. The van der Waals surface area contributed by atoms with Gasteiger partial charge in [-0.05, 0) is 43.4 Å². The van der Waals surface area contributed by atoms with Crippen LogP contribution in [0.1, 0.15) is 19.3 Å². The van der Waals surface area contributed by atoms with E-state index >= 15 is 0 Å². The number of aliphatic imine (C=N–C) groups is 1. The summed E-state index contributed by atoms with van der Waals surface area (Å²) in [7, 11) is 0. The van der Waals surface area contributed by atoms with Gasteiger partial charge in [-0.2, -0.15) is 5.26 Å². The van der Waals surface area contributed by atoms with Crippen LogP contribution in [0.25, 0.3) is 0 Å². The topological polar surface area (TPSA) is 59.7 Å². The highest BCUT2D eigenvalue weighted by molar-refractivity contribution is 6.35. The lowest BCUT2D eigenvalue weighted by atomic mass is 9.99. The van der Waals surface area contributed by atoms with E-state index in [1.807, 2.05) is 11.1 Å². The van der Waals surface area contributed by atoms with Crippen LogP contribution in [-0.4, -0.2) is 28.9 Å². The maximum absolute atomic E-state index is 12.9. The minimum absolute atomic E-state index is 0.0421. The average molecular weight is 335 g/mol. The summed E-state index contributed by atoms with van der Waals surface area (Å²) < 4.78 is 0. The second kappa shape index (κ2) is 4.87. The molecule has 2 bridgehead atoms. The van der Waals surface area contributed by atoms with Gasteiger partial charge in [0.2, 0.25) is 12.2 Å². The van der Waals surface area contributed by atoms with Crippen LogP contribution in [0.2, 0.25) is 10.0 Å². The first kappa shape index (κ1) is 13.9. The molecule has 0 unspecified atom stereocenters. The number of guanidine groups is 1. The lowest BCUT2D eigenvalue weighted by Crippen LogP contribution is -2.41. The summed E-state index contributed by atoms with van der Waals surface area (Å²) in [5, 5.41) is 9.91. The van der Waals surface area contributed by atoms with Crippen molar-refractivity contribution in [1.29, 1.82) is 5.26 Å². The lowest BCUT2D eigenvalue weighted by Gasteiger charge is -2.28. The molecule has 5 nitrogen and oxygen atoms in total. The first-order valence-corrected chi connectivity index (χ1v) is 7.91. The van der Waals surface area contributed by atoms with Crippen molar-refractivity contribution in [3.05, 3.63) is 28.2 Å². The molecule has 22 heavy (non-hydrogen) atoms. The number of rotatable bonds is 1. The van der Waals surface area contributed by atoms with E-state index in [0.29, 0.717) is 33.7 Å². The smallest absolute Gasteiger partial charge is 0.257 e. The molecule has 4 rings (SSSR count). The second-order valence-electron chi connectivity index (χ2n) is 5.89. The molecule has 0 N–H and O–H groups in total. The summed E-state index contributed by atoms with van der Waals surface area (Å²) in [6, 6.07) is 5.04. The Morgan fingerprint density at radius 1 is 1.23 bits per heavy atom. The van der Waals surface area contributed by atoms with Crippen molar-refractivity contribution in [1.82, 2.24) is 4.90 Å². The van der Waals surface area contributed by atoms with Crippen molar-refractivity contribution >= 4 is 40.8 Å². The number of anilines is 1. The number of fused-ring (bicyclic) bond motifs is 5. The van der Waals surface area contributed by atoms with Crippen LogP contribution in [0.4, 0.5) is 5.69 Å². The van der Waals surface area contributed by atoms with Gasteiger partial charge in [-0.1, -0.05) is 23.2 Å². The number of benzene rings is 1. The van der Waals surface area contributed by atoms with E-state index in [9.17, 15) is 4.79 Å². The molecule has 2 saturated heterocycles. The number of piperidine rings is 1. The minimum Gasteiger partial charge on any atom is -0.326 e. The van der Waals surface area contributed by atoms with E-state index in [1.165, 1.54) is 4.90 Å². The van der Waals surface area contributed by atoms with E-state index in [2.05, 4.69) is 4.99 Å². The minimum atomic E-state index is -0.205. The molecule has 7 heteroatoms. The Morgan fingerprint density at radius 2 is 1.95 bits per heavy atom. The highest BCUT2D eigenvalue weighted by atomic mass is 35.5. The van der Waals surface area contributed by atoms with Crippen LogP contribution in [0, 0.1) is 17.4 Å². The number of nitriles is 1. The van der Waals surface area contributed by atoms with Gasteiger partial charge in [0, 0.05) is 16.1 Å². The first-order valence-electron chi connectivity index (χ1n) is 7.15. The molecule has 0 aromatic heterocycles. The molecule has 3 atom stereocenters. The van der Waals surface area contributed by atoms with E-state index in [4.69, 9.17) is 28.5 Å². The fourth-order valence-electron chi connectivity index (χ4n) is 4.00. The van der Waals surface area contributed by atoms with E-state index in [1.54, 1.807) is 18.2 Å². The van der Waals surface area contributed by atoms with Gasteiger partial charge in [0.1, 0.15) is 6.04 Å². The molecule has 0 spiro atoms. The molecule has 1 aliphatic carbocycles. The summed E-state index contributed by atoms with van der Waals surface area (Å²) in [5.74, 6) is 0.712. The van der Waals surface area contributed by atoms with Crippen molar-refractivity contribution in [2.75, 3.05) is 4.90 Å². The number of hydrogen-bond acceptors (Lipinski definition) is 3. The molecule has 2 aliphatic heterocycles. The molecule has 1 saturated carbocycles. The number of halogens is 2. The Bertz CT molecular complexity index is 721. The monoisotopic (exact) mass is 334 g/mol. The highest BCUT2D eigenvalue weighted by Crippen LogP contribution is 2.47. The Hall–Kier alpha value is -1.77. The zero-order valence-corrected chi connectivity index (χ0v) is 13.1. The predicted molar refractivity (Wildman–Crippen MR) is 83.8 cm³/mol. The number of carbonyl (C=O) groups excluding carboxylic acids is 1. The molecule has 1 aromatic rings. The first-order chi connectivity index (χ1) is 10.6. The number of hydrogen-bond donors (Lipinski definition) is 0. The maximum atomic E-state index is 12.9. The molecule has 0 radical (unpaired) electrons. The van der Waals surface area contributed by atoms with Gasteiger partial charge in [-0.15, -0.1) is 4.99 Å². The van der Waals surface area contributed by atoms with Gasteiger partial charge in [-0.3, -0.25) is 4.79 Å². The molecule has 3 aliphatic rings. The summed E-state index contributed by atoms with van der Waals surface area (Å²) >= 11 is 12.1. The largest absolute Gasteiger partial charge is 0.326 e. The van der Waals surface area contributed by atoms with Crippen LogP contribution in [0.3, 0.4) is 0 Å². The normalized spacial score (nSPS) is 31.0. The summed E-state index contributed by atoms with van der Waals surface area (Å²) in [6.45, 7) is 0. The highest BCUT2D eigenvalue weighted by Gasteiger charge is 2.58. The number of nitrogens with zero attached hydrogens (tertiary/aromatic N) is 4. The van der Waals surface area contributed by atoms with Crippen LogP contribution < -0.4 is 4.90 Å². The van der Waals surface area contributed by atoms with Crippen molar-refractivity contribution in [3.63, 3.8) is 0 Å². The predicted octanol–water partition coefficient (Wildman–Crippen LogP) is 3.03. The van der Waals surface area contributed by atoms with Gasteiger partial charge >= 0.3 is 0 Å². The molecule has 1 aromatic carbocycles. The van der Waals surface area contributed by atoms with Crippen molar-refractivity contribution < 1.29 is 4.79 Å². The zero-order chi connectivity index (χ0) is 15.4. The van der Waals surface area contributed by atoms with E-state index in [-0.39, 0.29) is 11.9 Å². The van der Waals surface area contributed by atoms with Gasteiger partial charge in [-0.25, -0.2) is 4.90 Å². The zero-order valence-electron chi connectivity index (χ0n) is 11.5. The Morgan fingerprint density at radius 3 is 2.64 bits per heavy atom. The van der Waals surface area contributed by atoms with Crippen molar-refractivity contribution in [2.45, 2.75) is 31.3 Å². The quantitative estimate of drug-likeness (QED) is 0.741. The van der Waals surface area contributed by atoms with E-state index in [0.717, 1.165) is 19.3 Å². The summed E-state index contributed by atoms with van der Waals surface area (Å²) in [5.41, 5.74) is 0.560. The fourth-order valence-corrected chi connectivity index (χ4v) is 4.52. The standard InChI is InChI=1S/C15H12Cl2N4O/c16-9-4-10(17)6-12(5-9)21-14(22)13-8-1-2-11(3-8)20(13)15(21)19-7-18/h4-6,8,11,13H,1-3H2/t8-,11+,13+/m1/s1. The van der Waals surface area contributed by atoms with Gasteiger partial charge < -0.3 is 4.90 Å². The van der Waals surface area contributed by atoms with Crippen molar-refractivity contribution in [2.24, 2.45) is 10.9 Å². The lowest BCUT2D eigenvalue weighted by molar-refractivity contribution is -0.120. The van der Waals surface area contributed by atoms with Gasteiger partial charge in [0.05, 0.1) is 5.69 Å². The number of carbonyl (C=O) groups is 1. The Balaban J connectivity index is 1.83.